The Morgan fingerprint density at radius 1 is 1.35 bits per heavy atom. The maximum Gasteiger partial charge on any atom is 0.352 e. The smallest absolute Gasteiger partial charge is 0.352 e. The standard InChI is InChI=1S/C13H6ClF4N3O2/c14-7-1-6(4-19)2-8(3-7)23-9-10(13(17,18)12(15)16)20-5-21-11(9)22/h1-3,5,12H,(H,20,21,22). The summed E-state index contributed by atoms with van der Waals surface area (Å²) >= 11 is 5.71. The predicted molar refractivity (Wildman–Crippen MR) is 71.0 cm³/mol. The molecule has 1 heterocycles. The molecule has 0 aliphatic rings. The minimum atomic E-state index is -4.69. The van der Waals surface area contributed by atoms with Gasteiger partial charge < -0.3 is 9.72 Å². The molecule has 5 nitrogen and oxygen atoms in total. The minimum Gasteiger partial charge on any atom is -0.449 e. The number of ether oxygens (including phenoxy) is 1. The summed E-state index contributed by atoms with van der Waals surface area (Å²) in [5.41, 5.74) is -2.68. The molecule has 0 spiro atoms. The van der Waals surface area contributed by atoms with E-state index in [9.17, 15) is 22.4 Å². The van der Waals surface area contributed by atoms with Crippen LogP contribution >= 0.6 is 11.6 Å². The van der Waals surface area contributed by atoms with E-state index in [1.165, 1.54) is 6.07 Å². The first-order chi connectivity index (χ1) is 10.8. The Morgan fingerprint density at radius 3 is 2.65 bits per heavy atom. The van der Waals surface area contributed by atoms with Crippen molar-refractivity contribution in [2.24, 2.45) is 0 Å². The SMILES string of the molecule is N#Cc1cc(Cl)cc(Oc2c(C(F)(F)C(F)F)nc[nH]c2=O)c1. The van der Waals surface area contributed by atoms with Gasteiger partial charge in [-0.25, -0.2) is 13.8 Å². The van der Waals surface area contributed by atoms with E-state index >= 15 is 0 Å². The summed E-state index contributed by atoms with van der Waals surface area (Å²) < 4.78 is 57.0. The summed E-state index contributed by atoms with van der Waals surface area (Å²) in [7, 11) is 0. The van der Waals surface area contributed by atoms with Crippen LogP contribution in [0.5, 0.6) is 11.5 Å². The second-order valence-corrected chi connectivity index (χ2v) is 4.66. The number of hydrogen-bond donors (Lipinski definition) is 1. The molecule has 120 valence electrons. The van der Waals surface area contributed by atoms with Crippen LogP contribution in [0.15, 0.2) is 29.3 Å². The van der Waals surface area contributed by atoms with Crippen molar-refractivity contribution < 1.29 is 22.3 Å². The van der Waals surface area contributed by atoms with Gasteiger partial charge in [0.1, 0.15) is 5.75 Å². The third kappa shape index (κ3) is 3.43. The third-order valence-electron chi connectivity index (χ3n) is 2.62. The summed E-state index contributed by atoms with van der Waals surface area (Å²) in [4.78, 5) is 16.7. The second kappa shape index (κ2) is 6.26. The molecule has 0 saturated carbocycles. The molecule has 1 aromatic carbocycles. The summed E-state index contributed by atoms with van der Waals surface area (Å²) in [5, 5.41) is 8.83. The van der Waals surface area contributed by atoms with Crippen LogP contribution in [0.2, 0.25) is 5.02 Å². The van der Waals surface area contributed by atoms with E-state index in [4.69, 9.17) is 21.6 Å². The molecule has 2 rings (SSSR count). The van der Waals surface area contributed by atoms with Gasteiger partial charge in [-0.15, -0.1) is 0 Å². The van der Waals surface area contributed by atoms with Crippen molar-refractivity contribution in [2.75, 3.05) is 0 Å². The number of rotatable bonds is 4. The zero-order valence-corrected chi connectivity index (χ0v) is 11.7. The Bertz CT molecular complexity index is 833. The molecule has 0 aliphatic heterocycles. The average molecular weight is 348 g/mol. The third-order valence-corrected chi connectivity index (χ3v) is 2.84. The number of aromatic amines is 1. The van der Waals surface area contributed by atoms with Crippen molar-refractivity contribution >= 4 is 11.6 Å². The molecule has 0 unspecified atom stereocenters. The first kappa shape index (κ1) is 16.8. The number of hydrogen-bond acceptors (Lipinski definition) is 4. The van der Waals surface area contributed by atoms with Gasteiger partial charge in [-0.1, -0.05) is 11.6 Å². The highest BCUT2D eigenvalue weighted by atomic mass is 35.5. The molecule has 0 amide bonds. The Morgan fingerprint density at radius 2 is 2.04 bits per heavy atom. The number of aromatic nitrogens is 2. The van der Waals surface area contributed by atoms with Gasteiger partial charge in [-0.3, -0.25) is 4.79 Å². The Kier molecular flexibility index (Phi) is 4.56. The van der Waals surface area contributed by atoms with Crippen molar-refractivity contribution in [2.45, 2.75) is 12.3 Å². The van der Waals surface area contributed by atoms with Gasteiger partial charge in [0.25, 0.3) is 5.56 Å². The van der Waals surface area contributed by atoms with Gasteiger partial charge in [0.05, 0.1) is 18.0 Å². The number of alkyl halides is 4. The normalized spacial score (nSPS) is 11.3. The Labute approximate surface area is 131 Å². The van der Waals surface area contributed by atoms with Crippen LogP contribution in [-0.4, -0.2) is 16.4 Å². The fourth-order valence-corrected chi connectivity index (χ4v) is 1.85. The van der Waals surface area contributed by atoms with E-state index in [1.54, 1.807) is 6.07 Å². The van der Waals surface area contributed by atoms with Crippen LogP contribution in [0.3, 0.4) is 0 Å². The highest BCUT2D eigenvalue weighted by molar-refractivity contribution is 6.30. The molecule has 0 bridgehead atoms. The summed E-state index contributed by atoms with van der Waals surface area (Å²) in [6.07, 6.45) is -3.53. The predicted octanol–water partition coefficient (Wildman–Crippen LogP) is 3.44. The lowest BCUT2D eigenvalue weighted by Crippen LogP contribution is -2.28. The first-order valence-corrected chi connectivity index (χ1v) is 6.26. The largest absolute Gasteiger partial charge is 0.449 e. The molecule has 1 N–H and O–H groups in total. The molecule has 0 radical (unpaired) electrons. The van der Waals surface area contributed by atoms with Crippen molar-refractivity contribution in [3.8, 4) is 17.6 Å². The zero-order chi connectivity index (χ0) is 17.2. The monoisotopic (exact) mass is 347 g/mol. The summed E-state index contributed by atoms with van der Waals surface area (Å²) in [5.74, 6) is -6.05. The molecule has 0 fully saturated rings. The fourth-order valence-electron chi connectivity index (χ4n) is 1.63. The van der Waals surface area contributed by atoms with Crippen molar-refractivity contribution in [1.82, 2.24) is 9.97 Å². The number of nitrogens with zero attached hydrogens (tertiary/aromatic N) is 2. The topological polar surface area (TPSA) is 78.8 Å². The molecular formula is C13H6ClF4N3O2. The van der Waals surface area contributed by atoms with Gasteiger partial charge in [-0.2, -0.15) is 14.0 Å². The Balaban J connectivity index is 2.55. The molecule has 10 heteroatoms. The number of halogens is 5. The van der Waals surface area contributed by atoms with E-state index in [1.807, 2.05) is 4.98 Å². The molecule has 23 heavy (non-hydrogen) atoms. The van der Waals surface area contributed by atoms with Crippen LogP contribution in [0.1, 0.15) is 11.3 Å². The minimum absolute atomic E-state index is 0.0231. The van der Waals surface area contributed by atoms with Crippen LogP contribution < -0.4 is 10.3 Å². The molecule has 0 atom stereocenters. The van der Waals surface area contributed by atoms with E-state index in [-0.39, 0.29) is 16.3 Å². The number of nitrogens with one attached hydrogen (secondary N) is 1. The Hall–Kier alpha value is -2.60. The lowest BCUT2D eigenvalue weighted by atomic mass is 10.2. The van der Waals surface area contributed by atoms with E-state index in [0.29, 0.717) is 6.33 Å². The quantitative estimate of drug-likeness (QED) is 0.859. The number of H-pyrrole nitrogens is 1. The second-order valence-electron chi connectivity index (χ2n) is 4.22. The van der Waals surface area contributed by atoms with Gasteiger partial charge in [0.15, 0.2) is 5.69 Å². The van der Waals surface area contributed by atoms with E-state index < -0.39 is 29.4 Å². The average Bonchev–Trinajstić information content (AvgIpc) is 2.48. The highest BCUT2D eigenvalue weighted by Crippen LogP contribution is 2.38. The van der Waals surface area contributed by atoms with Crippen LogP contribution in [0.4, 0.5) is 17.6 Å². The highest BCUT2D eigenvalue weighted by Gasteiger charge is 2.47. The van der Waals surface area contributed by atoms with Gasteiger partial charge in [0, 0.05) is 5.02 Å². The molecule has 1 aromatic heterocycles. The first-order valence-electron chi connectivity index (χ1n) is 5.88. The lowest BCUT2D eigenvalue weighted by Gasteiger charge is -2.17. The van der Waals surface area contributed by atoms with E-state index in [2.05, 4.69) is 4.98 Å². The maximum atomic E-state index is 13.5. The van der Waals surface area contributed by atoms with Crippen molar-refractivity contribution in [3.05, 3.63) is 51.2 Å². The fraction of sp³-hybridized carbons (Fsp3) is 0.154. The number of nitriles is 1. The molecule has 0 aliphatic carbocycles. The molecular weight excluding hydrogens is 342 g/mol. The summed E-state index contributed by atoms with van der Waals surface area (Å²) in [6.45, 7) is 0. The van der Waals surface area contributed by atoms with Crippen LogP contribution in [0.25, 0.3) is 0 Å². The van der Waals surface area contributed by atoms with Gasteiger partial charge in [-0.05, 0) is 18.2 Å². The van der Waals surface area contributed by atoms with Crippen LogP contribution in [-0.2, 0) is 5.92 Å². The zero-order valence-electron chi connectivity index (χ0n) is 11.0. The molecule has 2 aromatic rings. The van der Waals surface area contributed by atoms with E-state index in [0.717, 1.165) is 12.1 Å². The molecule has 0 saturated heterocycles. The van der Waals surface area contributed by atoms with Crippen molar-refractivity contribution in [3.63, 3.8) is 0 Å². The summed E-state index contributed by atoms with van der Waals surface area (Å²) in [6, 6.07) is 5.22. The maximum absolute atomic E-state index is 13.5. The van der Waals surface area contributed by atoms with Gasteiger partial charge >= 0.3 is 12.3 Å². The number of benzene rings is 1. The van der Waals surface area contributed by atoms with Crippen LogP contribution in [0, 0.1) is 11.3 Å². The lowest BCUT2D eigenvalue weighted by molar-refractivity contribution is -0.139. The van der Waals surface area contributed by atoms with Crippen molar-refractivity contribution in [1.29, 1.82) is 5.26 Å². The van der Waals surface area contributed by atoms with Gasteiger partial charge in [0.2, 0.25) is 5.75 Å².